The lowest BCUT2D eigenvalue weighted by atomic mass is 9.82. The summed E-state index contributed by atoms with van der Waals surface area (Å²) in [7, 11) is 0. The summed E-state index contributed by atoms with van der Waals surface area (Å²) in [4.78, 5) is 22.8. The first-order valence-electron chi connectivity index (χ1n) is 6.36. The van der Waals surface area contributed by atoms with Crippen LogP contribution >= 0.6 is 0 Å². The molecule has 1 aromatic rings. The predicted octanol–water partition coefficient (Wildman–Crippen LogP) is 2.07. The van der Waals surface area contributed by atoms with E-state index in [1.54, 1.807) is 24.3 Å². The average Bonchev–Trinajstić information content (AvgIpc) is 2.41. The second-order valence-corrected chi connectivity index (χ2v) is 4.88. The van der Waals surface area contributed by atoms with Gasteiger partial charge in [-0.05, 0) is 49.9 Å². The number of carbonyl (C=O) groups is 2. The van der Waals surface area contributed by atoms with E-state index in [0.717, 1.165) is 0 Å². The van der Waals surface area contributed by atoms with Gasteiger partial charge in [-0.2, -0.15) is 0 Å². The monoisotopic (exact) mass is 263 g/mol. The van der Waals surface area contributed by atoms with E-state index in [-0.39, 0.29) is 17.8 Å². The van der Waals surface area contributed by atoms with Crippen molar-refractivity contribution in [2.45, 2.75) is 25.7 Å². The van der Waals surface area contributed by atoms with Crippen molar-refractivity contribution in [3.63, 3.8) is 0 Å². The molecule has 0 radical (unpaired) electrons. The standard InChI is InChI=1S/C14H17NO4/c15-11-5-7-12(8-6-11)19-14(18)10-3-1-9(2-4-10)13(16)17/h5-10H,1-4,15H2,(H,16,17). The van der Waals surface area contributed by atoms with Crippen LogP contribution in [0.25, 0.3) is 0 Å². The maximum Gasteiger partial charge on any atom is 0.314 e. The number of nitrogens with two attached hydrogens (primary N) is 1. The summed E-state index contributed by atoms with van der Waals surface area (Å²) in [6, 6.07) is 6.64. The van der Waals surface area contributed by atoms with Crippen LogP contribution in [0.4, 0.5) is 5.69 Å². The minimum atomic E-state index is -0.773. The highest BCUT2D eigenvalue weighted by atomic mass is 16.5. The van der Waals surface area contributed by atoms with E-state index in [2.05, 4.69) is 0 Å². The van der Waals surface area contributed by atoms with Gasteiger partial charge in [0.15, 0.2) is 0 Å². The Morgan fingerprint density at radius 3 is 2.11 bits per heavy atom. The molecule has 1 aliphatic carbocycles. The minimum absolute atomic E-state index is 0.201. The zero-order chi connectivity index (χ0) is 13.8. The quantitative estimate of drug-likeness (QED) is 0.495. The Morgan fingerprint density at radius 2 is 1.58 bits per heavy atom. The zero-order valence-corrected chi connectivity index (χ0v) is 10.5. The second-order valence-electron chi connectivity index (χ2n) is 4.88. The molecular weight excluding hydrogens is 246 g/mol. The molecular formula is C14H17NO4. The van der Waals surface area contributed by atoms with Gasteiger partial charge in [0.05, 0.1) is 11.8 Å². The van der Waals surface area contributed by atoms with Crippen LogP contribution in [0, 0.1) is 11.8 Å². The van der Waals surface area contributed by atoms with Crippen LogP contribution in [0.5, 0.6) is 5.75 Å². The van der Waals surface area contributed by atoms with Gasteiger partial charge in [0.2, 0.25) is 0 Å². The fourth-order valence-electron chi connectivity index (χ4n) is 2.31. The van der Waals surface area contributed by atoms with Gasteiger partial charge in [-0.3, -0.25) is 9.59 Å². The third-order valence-corrected chi connectivity index (χ3v) is 3.51. The highest BCUT2D eigenvalue weighted by Crippen LogP contribution is 2.30. The molecule has 19 heavy (non-hydrogen) atoms. The lowest BCUT2D eigenvalue weighted by molar-refractivity contribution is -0.146. The largest absolute Gasteiger partial charge is 0.481 e. The maximum absolute atomic E-state index is 11.9. The number of carboxylic acid groups (broad SMARTS) is 1. The van der Waals surface area contributed by atoms with Crippen molar-refractivity contribution in [3.8, 4) is 5.75 Å². The molecule has 5 nitrogen and oxygen atoms in total. The van der Waals surface area contributed by atoms with Gasteiger partial charge in [-0.15, -0.1) is 0 Å². The molecule has 1 saturated carbocycles. The highest BCUT2D eigenvalue weighted by molar-refractivity contribution is 5.76. The molecule has 0 spiro atoms. The Hall–Kier alpha value is -2.04. The molecule has 0 amide bonds. The number of anilines is 1. The molecule has 5 heteroatoms. The Balaban J connectivity index is 1.88. The Labute approximate surface area is 111 Å². The number of nitrogen functional groups attached to an aromatic ring is 1. The van der Waals surface area contributed by atoms with Gasteiger partial charge in [-0.25, -0.2) is 0 Å². The number of carboxylic acids is 1. The number of hydrogen-bond donors (Lipinski definition) is 2. The smallest absolute Gasteiger partial charge is 0.314 e. The third-order valence-electron chi connectivity index (χ3n) is 3.51. The zero-order valence-electron chi connectivity index (χ0n) is 10.5. The van der Waals surface area contributed by atoms with Crippen LogP contribution in [-0.2, 0) is 9.59 Å². The molecule has 0 atom stereocenters. The van der Waals surface area contributed by atoms with E-state index in [9.17, 15) is 9.59 Å². The van der Waals surface area contributed by atoms with Crippen molar-refractivity contribution in [1.29, 1.82) is 0 Å². The van der Waals surface area contributed by atoms with E-state index in [0.29, 0.717) is 37.1 Å². The van der Waals surface area contributed by atoms with Crippen LogP contribution in [0.15, 0.2) is 24.3 Å². The molecule has 102 valence electrons. The lowest BCUT2D eigenvalue weighted by Gasteiger charge is -2.24. The van der Waals surface area contributed by atoms with Gasteiger partial charge in [0, 0.05) is 5.69 Å². The first-order valence-corrected chi connectivity index (χ1v) is 6.36. The topological polar surface area (TPSA) is 89.6 Å². The van der Waals surface area contributed by atoms with Gasteiger partial charge in [-0.1, -0.05) is 0 Å². The van der Waals surface area contributed by atoms with Gasteiger partial charge in [0.1, 0.15) is 5.75 Å². The fraction of sp³-hybridized carbons (Fsp3) is 0.429. The van der Waals surface area contributed by atoms with E-state index >= 15 is 0 Å². The molecule has 2 rings (SSSR count). The number of esters is 1. The summed E-state index contributed by atoms with van der Waals surface area (Å²) in [6.07, 6.45) is 2.23. The van der Waals surface area contributed by atoms with E-state index in [1.165, 1.54) is 0 Å². The molecule has 3 N–H and O–H groups in total. The summed E-state index contributed by atoms with van der Waals surface area (Å²) in [5.74, 6) is -1.10. The molecule has 0 bridgehead atoms. The highest BCUT2D eigenvalue weighted by Gasteiger charge is 2.30. The number of ether oxygens (including phenoxy) is 1. The van der Waals surface area contributed by atoms with E-state index in [1.807, 2.05) is 0 Å². The Morgan fingerprint density at radius 1 is 1.05 bits per heavy atom. The summed E-state index contributed by atoms with van der Waals surface area (Å²) < 4.78 is 5.26. The van der Waals surface area contributed by atoms with Crippen molar-refractivity contribution < 1.29 is 19.4 Å². The Kier molecular flexibility index (Phi) is 4.04. The first-order chi connectivity index (χ1) is 9.06. The van der Waals surface area contributed by atoms with Crippen LogP contribution in [-0.4, -0.2) is 17.0 Å². The molecule has 0 aliphatic heterocycles. The molecule has 0 aromatic heterocycles. The maximum atomic E-state index is 11.9. The average molecular weight is 263 g/mol. The summed E-state index contributed by atoms with van der Waals surface area (Å²) >= 11 is 0. The van der Waals surface area contributed by atoms with Crippen LogP contribution in [0.3, 0.4) is 0 Å². The van der Waals surface area contributed by atoms with E-state index < -0.39 is 5.97 Å². The van der Waals surface area contributed by atoms with Crippen LogP contribution in [0.1, 0.15) is 25.7 Å². The van der Waals surface area contributed by atoms with Gasteiger partial charge in [0.25, 0.3) is 0 Å². The third kappa shape index (κ3) is 3.47. The van der Waals surface area contributed by atoms with Gasteiger partial charge < -0.3 is 15.6 Å². The number of aliphatic carboxylic acids is 1. The predicted molar refractivity (Wildman–Crippen MR) is 69.6 cm³/mol. The number of rotatable bonds is 3. The van der Waals surface area contributed by atoms with Crippen molar-refractivity contribution in [2.75, 3.05) is 5.73 Å². The SMILES string of the molecule is Nc1ccc(OC(=O)C2CCC(C(=O)O)CC2)cc1. The molecule has 0 saturated heterocycles. The molecule has 1 aromatic carbocycles. The minimum Gasteiger partial charge on any atom is -0.481 e. The van der Waals surface area contributed by atoms with Crippen molar-refractivity contribution >= 4 is 17.6 Å². The lowest BCUT2D eigenvalue weighted by Crippen LogP contribution is -2.28. The van der Waals surface area contributed by atoms with E-state index in [4.69, 9.17) is 15.6 Å². The summed E-state index contributed by atoms with van der Waals surface area (Å²) in [5, 5.41) is 8.90. The fourth-order valence-corrected chi connectivity index (χ4v) is 2.31. The van der Waals surface area contributed by atoms with Crippen LogP contribution < -0.4 is 10.5 Å². The van der Waals surface area contributed by atoms with Crippen LogP contribution in [0.2, 0.25) is 0 Å². The molecule has 1 aliphatic rings. The molecule has 0 heterocycles. The van der Waals surface area contributed by atoms with Crippen molar-refractivity contribution in [1.82, 2.24) is 0 Å². The number of carbonyl (C=O) groups excluding carboxylic acids is 1. The normalized spacial score (nSPS) is 22.7. The molecule has 1 fully saturated rings. The Bertz CT molecular complexity index is 461. The summed E-state index contributed by atoms with van der Waals surface area (Å²) in [5.41, 5.74) is 6.16. The second kappa shape index (κ2) is 5.73. The first kappa shape index (κ1) is 13.4. The number of benzene rings is 1. The molecule has 0 unspecified atom stereocenters. The summed E-state index contributed by atoms with van der Waals surface area (Å²) in [6.45, 7) is 0. The number of hydrogen-bond acceptors (Lipinski definition) is 4. The van der Waals surface area contributed by atoms with Crippen molar-refractivity contribution in [3.05, 3.63) is 24.3 Å². The van der Waals surface area contributed by atoms with Gasteiger partial charge >= 0.3 is 11.9 Å². The van der Waals surface area contributed by atoms with Crippen molar-refractivity contribution in [2.24, 2.45) is 11.8 Å².